The first kappa shape index (κ1) is 26.2. The molecule has 1 unspecified atom stereocenters. The molecule has 1 radical (unpaired) electrons. The van der Waals surface area contributed by atoms with Crippen molar-refractivity contribution in [1.82, 2.24) is 0 Å². The van der Waals surface area contributed by atoms with Gasteiger partial charge in [0.05, 0.1) is 12.1 Å². The van der Waals surface area contributed by atoms with E-state index in [2.05, 4.69) is 18.2 Å². The van der Waals surface area contributed by atoms with E-state index in [4.69, 9.17) is 0 Å². The molecule has 5 heteroatoms. The van der Waals surface area contributed by atoms with Crippen LogP contribution in [0.25, 0.3) is 6.15 Å². The third-order valence-corrected chi connectivity index (χ3v) is 3.04. The van der Waals surface area contributed by atoms with Gasteiger partial charge in [0.2, 0.25) is 0 Å². The van der Waals surface area contributed by atoms with Gasteiger partial charge in [0.15, 0.2) is 0 Å². The van der Waals surface area contributed by atoms with Gasteiger partial charge in [0.25, 0.3) is 0 Å². The van der Waals surface area contributed by atoms with Gasteiger partial charge in [-0.25, -0.2) is 0 Å². The van der Waals surface area contributed by atoms with E-state index < -0.39 is 5.41 Å². The molecule has 0 aliphatic rings. The van der Waals surface area contributed by atoms with Crippen LogP contribution in [-0.2, 0) is 29.3 Å². The molecule has 2 rings (SSSR count). The summed E-state index contributed by atoms with van der Waals surface area (Å²) in [4.78, 5) is 0. The summed E-state index contributed by atoms with van der Waals surface area (Å²) >= 11 is 0. The molecule has 0 fully saturated rings. The Morgan fingerprint density at radius 1 is 0.913 bits per heavy atom. The van der Waals surface area contributed by atoms with Crippen LogP contribution >= 0.6 is 9.90 Å². The standard InChI is InChI=1S/C17H13N2.CH3.H2N.Ni.H3P/c18-13-17(14-19,11-15-7-3-1-4-8-15)12-16-9-5-2-6-10-16;;;;/h1-9H,11-12H2;1H3;1H2;;1H3/q3*-1;+3;. The molecule has 0 heterocycles. The van der Waals surface area contributed by atoms with Crippen LogP contribution in [-0.4, -0.2) is 0 Å². The van der Waals surface area contributed by atoms with E-state index >= 15 is 0 Å². The van der Waals surface area contributed by atoms with Gasteiger partial charge in [-0.05, 0) is 12.0 Å². The molecule has 0 saturated carbocycles. The van der Waals surface area contributed by atoms with Crippen molar-refractivity contribution < 1.29 is 16.5 Å². The summed E-state index contributed by atoms with van der Waals surface area (Å²) in [6.07, 6.45) is 0.833. The third kappa shape index (κ3) is 7.41. The van der Waals surface area contributed by atoms with Crippen molar-refractivity contribution >= 4 is 9.90 Å². The molecule has 2 aromatic carbocycles. The summed E-state index contributed by atoms with van der Waals surface area (Å²) in [7, 11) is 0. The van der Waals surface area contributed by atoms with Crippen LogP contribution in [0, 0.1) is 41.6 Å². The summed E-state index contributed by atoms with van der Waals surface area (Å²) in [5.74, 6) is 0. The second-order valence-electron chi connectivity index (χ2n) is 4.53. The molecule has 2 N–H and O–H groups in total. The minimum atomic E-state index is -1.03. The van der Waals surface area contributed by atoms with Gasteiger partial charge in [0.1, 0.15) is 5.41 Å². The zero-order chi connectivity index (χ0) is 13.6. The molecule has 2 aromatic rings. The van der Waals surface area contributed by atoms with Gasteiger partial charge in [-0.3, -0.25) is 0 Å². The number of rotatable bonds is 4. The topological polar surface area (TPSA) is 81.1 Å². The molecule has 1 atom stereocenters. The van der Waals surface area contributed by atoms with Crippen LogP contribution < -0.4 is 0 Å². The predicted molar refractivity (Wildman–Crippen MR) is 95.6 cm³/mol. The van der Waals surface area contributed by atoms with Crippen LogP contribution in [0.2, 0.25) is 0 Å². The number of hydrogen-bond donors (Lipinski definition) is 0. The van der Waals surface area contributed by atoms with E-state index in [0.29, 0.717) is 12.8 Å². The minimum Gasteiger partial charge on any atom is -0.693 e. The normalized spacial score (nSPS) is 8.61. The van der Waals surface area contributed by atoms with Crippen LogP contribution in [0.5, 0.6) is 0 Å². The molecule has 0 aromatic heterocycles. The molecule has 23 heavy (non-hydrogen) atoms. The summed E-state index contributed by atoms with van der Waals surface area (Å²) in [6, 6.07) is 24.6. The second kappa shape index (κ2) is 12.8. The largest absolute Gasteiger partial charge is 3.00 e. The number of nitrogens with two attached hydrogens (primary N) is 1. The van der Waals surface area contributed by atoms with Gasteiger partial charge < -0.3 is 13.6 Å². The SMILES string of the molecule is N#CC(C#N)(Cc1[c-]cccc1)Cc1ccccc1.P.[CH3-].[NH2-].[Ni+3]. The fraction of sp³-hybridized carbons (Fsp3) is 0.167. The van der Waals surface area contributed by atoms with Gasteiger partial charge in [-0.1, -0.05) is 30.3 Å². The zero-order valence-corrected chi connectivity index (χ0v) is 15.5. The molecule has 0 aliphatic heterocycles. The average molecular weight is 369 g/mol. The van der Waals surface area contributed by atoms with Crippen molar-refractivity contribution in [3.05, 3.63) is 85.4 Å². The molecule has 0 aliphatic carbocycles. The number of hydrogen-bond acceptors (Lipinski definition) is 2. The van der Waals surface area contributed by atoms with Crippen molar-refractivity contribution in [2.45, 2.75) is 12.8 Å². The van der Waals surface area contributed by atoms with E-state index in [-0.39, 0.29) is 40.0 Å². The Kier molecular flexibility index (Phi) is 14.6. The Morgan fingerprint density at radius 3 is 1.96 bits per heavy atom. The van der Waals surface area contributed by atoms with Gasteiger partial charge >= 0.3 is 16.5 Å². The van der Waals surface area contributed by atoms with Crippen LogP contribution in [0.1, 0.15) is 11.1 Å². The Morgan fingerprint density at radius 2 is 1.48 bits per heavy atom. The maximum atomic E-state index is 9.41. The first-order valence-electron chi connectivity index (χ1n) is 6.10. The van der Waals surface area contributed by atoms with E-state index in [1.165, 1.54) is 0 Å². The third-order valence-electron chi connectivity index (χ3n) is 3.04. The fourth-order valence-corrected chi connectivity index (χ4v) is 2.06. The summed E-state index contributed by atoms with van der Waals surface area (Å²) in [6.45, 7) is 0. The predicted octanol–water partition coefficient (Wildman–Crippen LogP) is 4.53. The number of nitrogens with zero attached hydrogens (tertiary/aromatic N) is 2. The van der Waals surface area contributed by atoms with E-state index in [1.54, 1.807) is 6.07 Å². The molecule has 123 valence electrons. The Bertz CT molecular complexity index is 561. The van der Waals surface area contributed by atoms with E-state index in [0.717, 1.165) is 11.1 Å². The molecule has 0 saturated heterocycles. The molecular formula is C18H21N3NiP. The number of benzene rings is 2. The van der Waals surface area contributed by atoms with Crippen LogP contribution in [0.4, 0.5) is 0 Å². The quantitative estimate of drug-likeness (QED) is 0.451. The first-order valence-corrected chi connectivity index (χ1v) is 6.10. The first-order chi connectivity index (χ1) is 9.28. The monoisotopic (exact) mass is 368 g/mol. The van der Waals surface area contributed by atoms with Crippen molar-refractivity contribution in [2.24, 2.45) is 5.41 Å². The smallest absolute Gasteiger partial charge is 0.693 e. The summed E-state index contributed by atoms with van der Waals surface area (Å²) < 4.78 is 0. The molecule has 0 amide bonds. The molecule has 0 bridgehead atoms. The molecule has 3 nitrogen and oxygen atoms in total. The van der Waals surface area contributed by atoms with Gasteiger partial charge in [-0.2, -0.15) is 56.3 Å². The summed E-state index contributed by atoms with van der Waals surface area (Å²) in [5, 5.41) is 18.8. The number of nitriles is 2. The average Bonchev–Trinajstić information content (AvgIpc) is 2.48. The van der Waals surface area contributed by atoms with Crippen LogP contribution in [0.3, 0.4) is 0 Å². The molecular weight excluding hydrogens is 348 g/mol. The maximum Gasteiger partial charge on any atom is 3.00 e. The fourth-order valence-electron chi connectivity index (χ4n) is 2.06. The van der Waals surface area contributed by atoms with E-state index in [1.807, 2.05) is 48.5 Å². The van der Waals surface area contributed by atoms with E-state index in [9.17, 15) is 10.5 Å². The Labute approximate surface area is 152 Å². The van der Waals surface area contributed by atoms with Crippen molar-refractivity contribution in [3.8, 4) is 12.1 Å². The van der Waals surface area contributed by atoms with Crippen molar-refractivity contribution in [3.63, 3.8) is 0 Å². The van der Waals surface area contributed by atoms with Gasteiger partial charge in [-0.15, -0.1) is 0 Å². The van der Waals surface area contributed by atoms with Gasteiger partial charge in [0, 0.05) is 6.42 Å². The van der Waals surface area contributed by atoms with Crippen LogP contribution in [0.15, 0.2) is 54.6 Å². The minimum absolute atomic E-state index is 0. The molecule has 0 spiro atoms. The second-order valence-corrected chi connectivity index (χ2v) is 4.53. The maximum absolute atomic E-state index is 9.41. The Hall–Kier alpha value is -1.70. The van der Waals surface area contributed by atoms with Crippen molar-refractivity contribution in [2.75, 3.05) is 0 Å². The Balaban J connectivity index is -0.000001000. The van der Waals surface area contributed by atoms with Crippen molar-refractivity contribution in [1.29, 1.82) is 10.5 Å². The zero-order valence-electron chi connectivity index (χ0n) is 13.1. The summed E-state index contributed by atoms with van der Waals surface area (Å²) in [5.41, 5.74) is 0.863.